The molecule has 21 heavy (non-hydrogen) atoms. The molecule has 116 valence electrons. The van der Waals surface area contributed by atoms with Gasteiger partial charge < -0.3 is 10.2 Å². The molecule has 1 fully saturated rings. The summed E-state index contributed by atoms with van der Waals surface area (Å²) < 4.78 is 1.10. The molecule has 1 aromatic carbocycles. The summed E-state index contributed by atoms with van der Waals surface area (Å²) >= 11 is 2.23. The van der Waals surface area contributed by atoms with E-state index in [1.165, 1.54) is 32.2 Å². The van der Waals surface area contributed by atoms with Crippen molar-refractivity contribution >= 4 is 28.5 Å². The molecule has 0 aromatic heterocycles. The molecular formula is C17H25IN2O. The highest BCUT2D eigenvalue weighted by molar-refractivity contribution is 14.1. The molecule has 1 amide bonds. The van der Waals surface area contributed by atoms with Crippen molar-refractivity contribution in [2.45, 2.75) is 45.1 Å². The van der Waals surface area contributed by atoms with Gasteiger partial charge in [-0.2, -0.15) is 0 Å². The molecule has 2 rings (SSSR count). The molecule has 0 aliphatic carbocycles. The summed E-state index contributed by atoms with van der Waals surface area (Å²) in [7, 11) is 0. The first kappa shape index (κ1) is 16.7. The highest BCUT2D eigenvalue weighted by atomic mass is 127. The Bertz CT molecular complexity index is 464. The van der Waals surface area contributed by atoms with Gasteiger partial charge in [-0.25, -0.2) is 0 Å². The third-order valence-corrected chi connectivity index (χ3v) is 4.89. The van der Waals surface area contributed by atoms with Gasteiger partial charge in [0.05, 0.1) is 0 Å². The van der Waals surface area contributed by atoms with E-state index in [-0.39, 0.29) is 5.91 Å². The Labute approximate surface area is 141 Å². The Kier molecular flexibility index (Phi) is 6.96. The maximum Gasteiger partial charge on any atom is 0.251 e. The van der Waals surface area contributed by atoms with E-state index in [0.29, 0.717) is 0 Å². The first-order valence-corrected chi connectivity index (χ1v) is 9.06. The molecule has 1 heterocycles. The molecule has 0 saturated carbocycles. The average Bonchev–Trinajstić information content (AvgIpc) is 2.51. The van der Waals surface area contributed by atoms with Crippen LogP contribution in [-0.4, -0.2) is 36.5 Å². The Morgan fingerprint density at radius 2 is 2.29 bits per heavy atom. The maximum atomic E-state index is 12.0. The van der Waals surface area contributed by atoms with Gasteiger partial charge in [0.2, 0.25) is 0 Å². The number of nitrogens with zero attached hydrogens (tertiary/aromatic N) is 1. The van der Waals surface area contributed by atoms with Crippen LogP contribution in [0, 0.1) is 3.57 Å². The molecule has 1 unspecified atom stereocenters. The van der Waals surface area contributed by atoms with Crippen molar-refractivity contribution in [3.63, 3.8) is 0 Å². The minimum Gasteiger partial charge on any atom is -0.352 e. The van der Waals surface area contributed by atoms with Crippen molar-refractivity contribution in [3.05, 3.63) is 33.4 Å². The lowest BCUT2D eigenvalue weighted by molar-refractivity contribution is 0.0947. The Balaban J connectivity index is 1.70. The van der Waals surface area contributed by atoms with E-state index in [2.05, 4.69) is 39.7 Å². The third-order valence-electron chi connectivity index (χ3n) is 4.21. The Hall–Kier alpha value is -0.620. The van der Waals surface area contributed by atoms with Crippen molar-refractivity contribution < 1.29 is 4.79 Å². The summed E-state index contributed by atoms with van der Waals surface area (Å²) in [6.07, 6.45) is 6.32. The Morgan fingerprint density at radius 1 is 1.43 bits per heavy atom. The predicted molar refractivity (Wildman–Crippen MR) is 95.6 cm³/mol. The van der Waals surface area contributed by atoms with Crippen LogP contribution < -0.4 is 5.32 Å². The molecule has 1 N–H and O–H groups in total. The maximum absolute atomic E-state index is 12.0. The van der Waals surface area contributed by atoms with Gasteiger partial charge in [-0.05, 0) is 73.0 Å². The van der Waals surface area contributed by atoms with Gasteiger partial charge in [0, 0.05) is 28.3 Å². The zero-order valence-corrected chi connectivity index (χ0v) is 14.9. The fourth-order valence-electron chi connectivity index (χ4n) is 3.03. The van der Waals surface area contributed by atoms with E-state index >= 15 is 0 Å². The van der Waals surface area contributed by atoms with Gasteiger partial charge in [-0.15, -0.1) is 0 Å². The van der Waals surface area contributed by atoms with Crippen molar-refractivity contribution in [2.75, 3.05) is 19.6 Å². The van der Waals surface area contributed by atoms with Crippen molar-refractivity contribution in [1.29, 1.82) is 0 Å². The van der Waals surface area contributed by atoms with E-state index in [9.17, 15) is 4.79 Å². The lowest BCUT2D eigenvalue weighted by Crippen LogP contribution is -2.40. The average molecular weight is 400 g/mol. The van der Waals surface area contributed by atoms with Crippen LogP contribution in [0.2, 0.25) is 0 Å². The second-order valence-corrected chi connectivity index (χ2v) is 6.96. The van der Waals surface area contributed by atoms with Crippen LogP contribution in [0.3, 0.4) is 0 Å². The number of carbonyl (C=O) groups excluding carboxylic acids is 1. The van der Waals surface area contributed by atoms with E-state index < -0.39 is 0 Å². The number of hydrogen-bond acceptors (Lipinski definition) is 2. The van der Waals surface area contributed by atoms with Gasteiger partial charge in [0.15, 0.2) is 0 Å². The van der Waals surface area contributed by atoms with E-state index in [0.717, 1.165) is 34.7 Å². The lowest BCUT2D eigenvalue weighted by atomic mass is 10.00. The molecule has 1 atom stereocenters. The molecule has 0 bridgehead atoms. The standard InChI is InChI=1S/C17H25IN2O/c1-2-16-9-3-4-11-20(16)12-6-10-19-17(21)14-7-5-8-15(18)13-14/h5,7-8,13,16H,2-4,6,9-12H2,1H3,(H,19,21). The van der Waals surface area contributed by atoms with Gasteiger partial charge in [-0.1, -0.05) is 19.4 Å². The van der Waals surface area contributed by atoms with Crippen molar-refractivity contribution in [1.82, 2.24) is 10.2 Å². The highest BCUT2D eigenvalue weighted by Gasteiger charge is 2.19. The summed E-state index contributed by atoms with van der Waals surface area (Å²) in [6, 6.07) is 8.47. The molecule has 1 aliphatic rings. The molecule has 1 aliphatic heterocycles. The van der Waals surface area contributed by atoms with Crippen LogP contribution in [0.5, 0.6) is 0 Å². The highest BCUT2D eigenvalue weighted by Crippen LogP contribution is 2.19. The Morgan fingerprint density at radius 3 is 3.05 bits per heavy atom. The van der Waals surface area contributed by atoms with Crippen molar-refractivity contribution in [2.24, 2.45) is 0 Å². The van der Waals surface area contributed by atoms with Crippen LogP contribution in [-0.2, 0) is 0 Å². The molecule has 0 spiro atoms. The lowest BCUT2D eigenvalue weighted by Gasteiger charge is -2.35. The molecular weight excluding hydrogens is 375 g/mol. The van der Waals surface area contributed by atoms with Crippen LogP contribution in [0.25, 0.3) is 0 Å². The normalized spacial score (nSPS) is 19.4. The smallest absolute Gasteiger partial charge is 0.251 e. The molecule has 1 aromatic rings. The topological polar surface area (TPSA) is 32.3 Å². The fourth-order valence-corrected chi connectivity index (χ4v) is 3.58. The first-order valence-electron chi connectivity index (χ1n) is 7.98. The summed E-state index contributed by atoms with van der Waals surface area (Å²) in [5.41, 5.74) is 0.756. The van der Waals surface area contributed by atoms with Gasteiger partial charge >= 0.3 is 0 Å². The largest absolute Gasteiger partial charge is 0.352 e. The fraction of sp³-hybridized carbons (Fsp3) is 0.588. The molecule has 3 nitrogen and oxygen atoms in total. The number of benzene rings is 1. The third kappa shape index (κ3) is 5.25. The van der Waals surface area contributed by atoms with Crippen LogP contribution in [0.15, 0.2) is 24.3 Å². The van der Waals surface area contributed by atoms with Gasteiger partial charge in [-0.3, -0.25) is 4.79 Å². The number of likely N-dealkylation sites (tertiary alicyclic amines) is 1. The number of halogens is 1. The SMILES string of the molecule is CCC1CCCCN1CCCNC(=O)c1cccc(I)c1. The number of nitrogens with one attached hydrogen (secondary N) is 1. The van der Waals surface area contributed by atoms with E-state index in [1.54, 1.807) is 0 Å². The van der Waals surface area contributed by atoms with E-state index in [1.807, 2.05) is 24.3 Å². The van der Waals surface area contributed by atoms with Gasteiger partial charge in [0.25, 0.3) is 5.91 Å². The number of hydrogen-bond donors (Lipinski definition) is 1. The summed E-state index contributed by atoms with van der Waals surface area (Å²) in [4.78, 5) is 14.6. The zero-order valence-electron chi connectivity index (χ0n) is 12.8. The monoisotopic (exact) mass is 400 g/mol. The quantitative estimate of drug-likeness (QED) is 0.584. The van der Waals surface area contributed by atoms with Crippen LogP contribution in [0.4, 0.5) is 0 Å². The number of carbonyl (C=O) groups is 1. The van der Waals surface area contributed by atoms with E-state index in [4.69, 9.17) is 0 Å². The molecule has 1 saturated heterocycles. The number of amides is 1. The predicted octanol–water partition coefficient (Wildman–Crippen LogP) is 3.68. The minimum atomic E-state index is 0.0409. The second-order valence-electron chi connectivity index (χ2n) is 5.71. The molecule has 0 radical (unpaired) electrons. The summed E-state index contributed by atoms with van der Waals surface area (Å²) in [6.45, 7) is 5.37. The van der Waals surface area contributed by atoms with Crippen LogP contribution >= 0.6 is 22.6 Å². The minimum absolute atomic E-state index is 0.0409. The number of piperidine rings is 1. The molecule has 4 heteroatoms. The first-order chi connectivity index (χ1) is 10.2. The second kappa shape index (κ2) is 8.73. The zero-order chi connectivity index (χ0) is 15.1. The van der Waals surface area contributed by atoms with Gasteiger partial charge in [0.1, 0.15) is 0 Å². The van der Waals surface area contributed by atoms with Crippen molar-refractivity contribution in [3.8, 4) is 0 Å². The van der Waals surface area contributed by atoms with Crippen LogP contribution in [0.1, 0.15) is 49.4 Å². The summed E-state index contributed by atoms with van der Waals surface area (Å²) in [5.74, 6) is 0.0409. The summed E-state index contributed by atoms with van der Waals surface area (Å²) in [5, 5.41) is 3.03. The number of rotatable bonds is 6.